The Kier molecular flexibility index (Phi) is 4.00. The Balaban J connectivity index is 0.00000121. The third kappa shape index (κ3) is 1.72. The summed E-state index contributed by atoms with van der Waals surface area (Å²) in [6, 6.07) is 0. The summed E-state index contributed by atoms with van der Waals surface area (Å²) in [5, 5.41) is 0. The number of ether oxygens (including phenoxy) is 1. The number of hydrogen-bond acceptors (Lipinski definition) is 3. The molecule has 72 valence electrons. The highest BCUT2D eigenvalue weighted by atomic mass is 35.5. The predicted molar refractivity (Wildman–Crippen MR) is 49.5 cm³/mol. The summed E-state index contributed by atoms with van der Waals surface area (Å²) in [6.45, 7) is 2.93. The van der Waals surface area contributed by atoms with Gasteiger partial charge in [-0.15, -0.1) is 12.4 Å². The fraction of sp³-hybridized carbons (Fsp3) is 0.875. The monoisotopic (exact) mass is 193 g/mol. The highest BCUT2D eigenvalue weighted by molar-refractivity contribution is 5.85. The average Bonchev–Trinajstić information content (AvgIpc) is 2.32. The molecule has 0 saturated carbocycles. The van der Waals surface area contributed by atoms with Crippen molar-refractivity contribution in [2.24, 2.45) is 0 Å². The van der Waals surface area contributed by atoms with Gasteiger partial charge >= 0.3 is 5.97 Å². The van der Waals surface area contributed by atoms with E-state index in [1.807, 2.05) is 14.0 Å². The minimum atomic E-state index is -0.366. The number of halogens is 1. The second-order valence-corrected chi connectivity index (χ2v) is 3.29. The highest BCUT2D eigenvalue weighted by Gasteiger charge is 2.41. The summed E-state index contributed by atoms with van der Waals surface area (Å²) in [5.41, 5.74) is -0.366. The normalized spacial score (nSPS) is 29.6. The van der Waals surface area contributed by atoms with Crippen LogP contribution >= 0.6 is 12.4 Å². The van der Waals surface area contributed by atoms with Crippen molar-refractivity contribution >= 4 is 18.4 Å². The molecule has 0 bridgehead atoms. The maximum Gasteiger partial charge on any atom is 0.325 e. The van der Waals surface area contributed by atoms with Crippen LogP contribution in [0.1, 0.15) is 19.8 Å². The maximum atomic E-state index is 11.3. The van der Waals surface area contributed by atoms with Gasteiger partial charge in [-0.05, 0) is 33.4 Å². The van der Waals surface area contributed by atoms with E-state index in [2.05, 4.69) is 4.90 Å². The van der Waals surface area contributed by atoms with E-state index in [1.165, 1.54) is 7.11 Å². The van der Waals surface area contributed by atoms with Gasteiger partial charge in [0.15, 0.2) is 0 Å². The summed E-state index contributed by atoms with van der Waals surface area (Å²) in [5.74, 6) is -0.113. The fourth-order valence-electron chi connectivity index (χ4n) is 1.58. The molecule has 3 nitrogen and oxygen atoms in total. The van der Waals surface area contributed by atoms with Crippen molar-refractivity contribution in [3.05, 3.63) is 0 Å². The van der Waals surface area contributed by atoms with Crippen LogP contribution in [0.15, 0.2) is 0 Å². The molecule has 1 rings (SSSR count). The minimum absolute atomic E-state index is 0. The van der Waals surface area contributed by atoms with Crippen LogP contribution in [0.5, 0.6) is 0 Å². The molecule has 0 aromatic rings. The third-order valence-electron chi connectivity index (χ3n) is 2.62. The van der Waals surface area contributed by atoms with Gasteiger partial charge in [-0.3, -0.25) is 9.69 Å². The molecule has 1 aliphatic rings. The van der Waals surface area contributed by atoms with Crippen LogP contribution in [0.2, 0.25) is 0 Å². The molecule has 4 heteroatoms. The number of hydrogen-bond donors (Lipinski definition) is 0. The van der Waals surface area contributed by atoms with Crippen molar-refractivity contribution in [1.29, 1.82) is 0 Å². The van der Waals surface area contributed by atoms with Crippen molar-refractivity contribution in [2.45, 2.75) is 25.3 Å². The van der Waals surface area contributed by atoms with Crippen molar-refractivity contribution in [3.8, 4) is 0 Å². The molecule has 0 aliphatic carbocycles. The standard InChI is InChI=1S/C8H15NO2.ClH/c1-8(7(10)11-3)5-4-6-9(8)2;/h4-6H2,1-3H3;1H. The van der Waals surface area contributed by atoms with E-state index in [1.54, 1.807) is 0 Å². The first kappa shape index (κ1) is 11.7. The molecule has 0 amide bonds. The van der Waals surface area contributed by atoms with Crippen molar-refractivity contribution in [2.75, 3.05) is 20.7 Å². The SMILES string of the molecule is COC(=O)C1(C)CCCN1C.Cl. The zero-order chi connectivity index (χ0) is 8.48. The number of nitrogens with zero attached hydrogens (tertiary/aromatic N) is 1. The summed E-state index contributed by atoms with van der Waals surface area (Å²) < 4.78 is 4.73. The number of likely N-dealkylation sites (N-methyl/N-ethyl adjacent to an activating group) is 1. The predicted octanol–water partition coefficient (Wildman–Crippen LogP) is 1.07. The van der Waals surface area contributed by atoms with Gasteiger partial charge in [0.1, 0.15) is 5.54 Å². The average molecular weight is 194 g/mol. The topological polar surface area (TPSA) is 29.5 Å². The lowest BCUT2D eigenvalue weighted by Gasteiger charge is -2.28. The highest BCUT2D eigenvalue weighted by Crippen LogP contribution is 2.27. The van der Waals surface area contributed by atoms with Gasteiger partial charge in [0, 0.05) is 0 Å². The van der Waals surface area contributed by atoms with Crippen LogP contribution in [-0.4, -0.2) is 37.1 Å². The summed E-state index contributed by atoms with van der Waals surface area (Å²) in [7, 11) is 3.41. The largest absolute Gasteiger partial charge is 0.468 e. The van der Waals surface area contributed by atoms with Crippen LogP contribution < -0.4 is 0 Å². The van der Waals surface area contributed by atoms with Crippen molar-refractivity contribution < 1.29 is 9.53 Å². The van der Waals surface area contributed by atoms with Gasteiger partial charge in [0.25, 0.3) is 0 Å². The molecule has 0 radical (unpaired) electrons. The molecule has 1 saturated heterocycles. The van der Waals surface area contributed by atoms with Gasteiger partial charge in [-0.25, -0.2) is 0 Å². The number of rotatable bonds is 1. The van der Waals surface area contributed by atoms with Crippen molar-refractivity contribution in [3.63, 3.8) is 0 Å². The molecular formula is C8H16ClNO2. The molecule has 1 fully saturated rings. The van der Waals surface area contributed by atoms with Crippen molar-refractivity contribution in [1.82, 2.24) is 4.90 Å². The maximum absolute atomic E-state index is 11.3. The molecule has 0 N–H and O–H groups in total. The first-order valence-electron chi connectivity index (χ1n) is 3.91. The van der Waals surface area contributed by atoms with Crippen LogP contribution in [0, 0.1) is 0 Å². The van der Waals surface area contributed by atoms with Gasteiger partial charge in [-0.1, -0.05) is 0 Å². The van der Waals surface area contributed by atoms with E-state index in [0.29, 0.717) is 0 Å². The molecule has 0 spiro atoms. The number of likely N-dealkylation sites (tertiary alicyclic amines) is 1. The lowest BCUT2D eigenvalue weighted by atomic mass is 10.00. The smallest absolute Gasteiger partial charge is 0.325 e. The molecule has 1 aliphatic heterocycles. The van der Waals surface area contributed by atoms with Crippen LogP contribution in [0.4, 0.5) is 0 Å². The Bertz CT molecular complexity index is 174. The summed E-state index contributed by atoms with van der Waals surface area (Å²) in [4.78, 5) is 13.3. The Morgan fingerprint density at radius 2 is 2.17 bits per heavy atom. The number of carbonyl (C=O) groups excluding carboxylic acids is 1. The number of methoxy groups -OCH3 is 1. The van der Waals surface area contributed by atoms with Crippen LogP contribution in [0.25, 0.3) is 0 Å². The van der Waals surface area contributed by atoms with Gasteiger partial charge < -0.3 is 4.74 Å². The number of carbonyl (C=O) groups is 1. The molecule has 0 aromatic heterocycles. The Labute approximate surface area is 79.5 Å². The van der Waals surface area contributed by atoms with Gasteiger partial charge in [-0.2, -0.15) is 0 Å². The molecule has 12 heavy (non-hydrogen) atoms. The minimum Gasteiger partial charge on any atom is -0.468 e. The fourth-order valence-corrected chi connectivity index (χ4v) is 1.58. The zero-order valence-corrected chi connectivity index (χ0v) is 8.61. The van der Waals surface area contributed by atoms with Crippen LogP contribution in [0.3, 0.4) is 0 Å². The second-order valence-electron chi connectivity index (χ2n) is 3.29. The third-order valence-corrected chi connectivity index (χ3v) is 2.62. The second kappa shape index (κ2) is 4.10. The van der Waals surface area contributed by atoms with E-state index >= 15 is 0 Å². The molecular weight excluding hydrogens is 178 g/mol. The molecule has 0 aromatic carbocycles. The van der Waals surface area contributed by atoms with Gasteiger partial charge in [0.05, 0.1) is 7.11 Å². The Hall–Kier alpha value is -0.280. The molecule has 1 unspecified atom stereocenters. The van der Waals surface area contributed by atoms with Crippen LogP contribution in [-0.2, 0) is 9.53 Å². The summed E-state index contributed by atoms with van der Waals surface area (Å²) >= 11 is 0. The van der Waals surface area contributed by atoms with E-state index in [-0.39, 0.29) is 23.9 Å². The Morgan fingerprint density at radius 1 is 1.58 bits per heavy atom. The molecule has 1 atom stereocenters. The first-order chi connectivity index (χ1) is 5.11. The molecule has 1 heterocycles. The van der Waals surface area contributed by atoms with E-state index in [4.69, 9.17) is 4.74 Å². The van der Waals surface area contributed by atoms with E-state index in [0.717, 1.165) is 19.4 Å². The number of esters is 1. The van der Waals surface area contributed by atoms with E-state index < -0.39 is 0 Å². The lowest BCUT2D eigenvalue weighted by molar-refractivity contribution is -0.151. The lowest BCUT2D eigenvalue weighted by Crippen LogP contribution is -2.46. The van der Waals surface area contributed by atoms with E-state index in [9.17, 15) is 4.79 Å². The summed E-state index contributed by atoms with van der Waals surface area (Å²) in [6.07, 6.45) is 2.00. The first-order valence-corrected chi connectivity index (χ1v) is 3.91. The Morgan fingerprint density at radius 3 is 2.50 bits per heavy atom. The zero-order valence-electron chi connectivity index (χ0n) is 7.79. The van der Waals surface area contributed by atoms with Gasteiger partial charge in [0.2, 0.25) is 0 Å². The quantitative estimate of drug-likeness (QED) is 0.584.